The number of anilines is 1. The van der Waals surface area contributed by atoms with E-state index in [9.17, 15) is 4.79 Å². The molecule has 17 heavy (non-hydrogen) atoms. The fourth-order valence-corrected chi connectivity index (χ4v) is 2.11. The van der Waals surface area contributed by atoms with E-state index in [2.05, 4.69) is 17.0 Å². The highest BCUT2D eigenvalue weighted by Gasteiger charge is 2.22. The van der Waals surface area contributed by atoms with Gasteiger partial charge < -0.3 is 15.5 Å². The molecule has 2 rings (SSSR count). The first kappa shape index (κ1) is 11.9. The summed E-state index contributed by atoms with van der Waals surface area (Å²) in [5, 5.41) is 0. The molecule has 0 radical (unpaired) electrons. The maximum atomic E-state index is 11.7. The molecule has 1 amide bonds. The highest BCUT2D eigenvalue weighted by molar-refractivity contribution is 5.81. The van der Waals surface area contributed by atoms with Crippen LogP contribution in [0.25, 0.3) is 0 Å². The number of carbonyl (C=O) groups is 1. The van der Waals surface area contributed by atoms with Gasteiger partial charge >= 0.3 is 0 Å². The third-order valence-corrected chi connectivity index (χ3v) is 3.10. The summed E-state index contributed by atoms with van der Waals surface area (Å²) >= 11 is 0. The van der Waals surface area contributed by atoms with Crippen molar-refractivity contribution in [3.63, 3.8) is 0 Å². The average Bonchev–Trinajstić information content (AvgIpc) is 2.39. The number of carbonyl (C=O) groups excluding carboxylic acids is 1. The van der Waals surface area contributed by atoms with E-state index in [1.165, 1.54) is 5.69 Å². The van der Waals surface area contributed by atoms with Crippen LogP contribution >= 0.6 is 0 Å². The quantitative estimate of drug-likeness (QED) is 0.817. The Morgan fingerprint density at radius 3 is 2.29 bits per heavy atom. The molecule has 1 fully saturated rings. The molecule has 1 aliphatic rings. The molecule has 1 saturated heterocycles. The second-order valence-electron chi connectivity index (χ2n) is 4.44. The number of para-hydroxylation sites is 1. The van der Waals surface area contributed by atoms with E-state index >= 15 is 0 Å². The molecule has 0 unspecified atom stereocenters. The van der Waals surface area contributed by atoms with Crippen molar-refractivity contribution in [3.8, 4) is 0 Å². The molecular formula is C13H19N3O. The Bertz CT molecular complexity index is 370. The summed E-state index contributed by atoms with van der Waals surface area (Å²) in [6, 6.07) is 9.90. The van der Waals surface area contributed by atoms with Crippen LogP contribution in [0.15, 0.2) is 30.3 Å². The number of nitrogens with two attached hydrogens (primary N) is 1. The smallest absolute Gasteiger partial charge is 0.239 e. The van der Waals surface area contributed by atoms with E-state index in [0.717, 1.165) is 26.2 Å². The molecule has 1 aliphatic heterocycles. The number of benzene rings is 1. The van der Waals surface area contributed by atoms with Gasteiger partial charge in [-0.1, -0.05) is 18.2 Å². The number of rotatable bonds is 2. The normalized spacial score (nSPS) is 18.0. The Morgan fingerprint density at radius 2 is 1.76 bits per heavy atom. The number of piperazine rings is 1. The lowest BCUT2D eigenvalue weighted by Gasteiger charge is -2.36. The number of nitrogens with zero attached hydrogens (tertiary/aromatic N) is 2. The van der Waals surface area contributed by atoms with Crippen molar-refractivity contribution >= 4 is 11.6 Å². The SMILES string of the molecule is C[C@@H](N)C(=O)N1CCN(c2ccccc2)CC1. The predicted octanol–water partition coefficient (Wildman–Crippen LogP) is 0.682. The zero-order chi connectivity index (χ0) is 12.3. The minimum atomic E-state index is -0.390. The van der Waals surface area contributed by atoms with Gasteiger partial charge in [-0.05, 0) is 19.1 Å². The van der Waals surface area contributed by atoms with Crippen molar-refractivity contribution in [2.45, 2.75) is 13.0 Å². The first-order valence-corrected chi connectivity index (χ1v) is 6.03. The predicted molar refractivity (Wildman–Crippen MR) is 68.9 cm³/mol. The summed E-state index contributed by atoms with van der Waals surface area (Å²) in [4.78, 5) is 15.9. The van der Waals surface area contributed by atoms with Crippen LogP contribution in [0, 0.1) is 0 Å². The minimum absolute atomic E-state index is 0.0534. The van der Waals surface area contributed by atoms with Crippen LogP contribution in [-0.2, 0) is 4.79 Å². The van der Waals surface area contributed by atoms with E-state index in [0.29, 0.717) is 0 Å². The summed E-state index contributed by atoms with van der Waals surface area (Å²) in [7, 11) is 0. The van der Waals surface area contributed by atoms with Crippen LogP contribution < -0.4 is 10.6 Å². The molecule has 2 N–H and O–H groups in total. The lowest BCUT2D eigenvalue weighted by Crippen LogP contribution is -2.52. The lowest BCUT2D eigenvalue weighted by atomic mass is 10.2. The Kier molecular flexibility index (Phi) is 3.64. The fourth-order valence-electron chi connectivity index (χ4n) is 2.11. The van der Waals surface area contributed by atoms with Crippen molar-refractivity contribution in [1.29, 1.82) is 0 Å². The van der Waals surface area contributed by atoms with Gasteiger partial charge in [-0.25, -0.2) is 0 Å². The summed E-state index contributed by atoms with van der Waals surface area (Å²) in [6.07, 6.45) is 0. The first-order chi connectivity index (χ1) is 8.18. The molecule has 1 aromatic carbocycles. The van der Waals surface area contributed by atoms with Crippen molar-refractivity contribution in [2.75, 3.05) is 31.1 Å². The maximum Gasteiger partial charge on any atom is 0.239 e. The molecular weight excluding hydrogens is 214 g/mol. The Labute approximate surface area is 102 Å². The van der Waals surface area contributed by atoms with Crippen molar-refractivity contribution in [2.24, 2.45) is 5.73 Å². The molecule has 0 bridgehead atoms. The molecule has 0 aliphatic carbocycles. The fraction of sp³-hybridized carbons (Fsp3) is 0.462. The van der Waals surface area contributed by atoms with Gasteiger partial charge in [-0.15, -0.1) is 0 Å². The molecule has 0 spiro atoms. The van der Waals surface area contributed by atoms with E-state index in [-0.39, 0.29) is 5.91 Å². The van der Waals surface area contributed by atoms with Gasteiger partial charge in [0.05, 0.1) is 6.04 Å². The second kappa shape index (κ2) is 5.19. The zero-order valence-electron chi connectivity index (χ0n) is 10.2. The standard InChI is InChI=1S/C13H19N3O/c1-11(14)13(17)16-9-7-15(8-10-16)12-5-3-2-4-6-12/h2-6,11H,7-10,14H2,1H3/t11-/m1/s1. The van der Waals surface area contributed by atoms with Crippen molar-refractivity contribution < 1.29 is 4.79 Å². The number of hydrogen-bond acceptors (Lipinski definition) is 3. The first-order valence-electron chi connectivity index (χ1n) is 6.03. The van der Waals surface area contributed by atoms with Crippen LogP contribution in [0.3, 0.4) is 0 Å². The molecule has 4 nitrogen and oxygen atoms in total. The topological polar surface area (TPSA) is 49.6 Å². The zero-order valence-corrected chi connectivity index (χ0v) is 10.2. The summed E-state index contributed by atoms with van der Waals surface area (Å²) in [6.45, 7) is 5.02. The lowest BCUT2D eigenvalue weighted by molar-refractivity contribution is -0.132. The second-order valence-corrected chi connectivity index (χ2v) is 4.44. The van der Waals surface area contributed by atoms with Gasteiger partial charge in [0.2, 0.25) is 5.91 Å². The van der Waals surface area contributed by atoms with E-state index in [4.69, 9.17) is 5.73 Å². The molecule has 4 heteroatoms. The Morgan fingerprint density at radius 1 is 1.18 bits per heavy atom. The van der Waals surface area contributed by atoms with E-state index in [1.54, 1.807) is 6.92 Å². The number of hydrogen-bond donors (Lipinski definition) is 1. The van der Waals surface area contributed by atoms with Crippen LogP contribution in [0.1, 0.15) is 6.92 Å². The van der Waals surface area contributed by atoms with Crippen LogP contribution in [0.2, 0.25) is 0 Å². The molecule has 1 heterocycles. The van der Waals surface area contributed by atoms with Gasteiger partial charge in [0.15, 0.2) is 0 Å². The van der Waals surface area contributed by atoms with Crippen LogP contribution in [-0.4, -0.2) is 43.0 Å². The van der Waals surface area contributed by atoms with Crippen LogP contribution in [0.5, 0.6) is 0 Å². The van der Waals surface area contributed by atoms with Gasteiger partial charge in [0.25, 0.3) is 0 Å². The summed E-state index contributed by atoms with van der Waals surface area (Å²) < 4.78 is 0. The van der Waals surface area contributed by atoms with Gasteiger partial charge in [0.1, 0.15) is 0 Å². The van der Waals surface area contributed by atoms with Crippen LogP contribution in [0.4, 0.5) is 5.69 Å². The molecule has 1 aromatic rings. The molecule has 0 saturated carbocycles. The minimum Gasteiger partial charge on any atom is -0.368 e. The third-order valence-electron chi connectivity index (χ3n) is 3.10. The monoisotopic (exact) mass is 233 g/mol. The Balaban J connectivity index is 1.93. The Hall–Kier alpha value is -1.55. The highest BCUT2D eigenvalue weighted by atomic mass is 16.2. The average molecular weight is 233 g/mol. The molecule has 1 atom stereocenters. The van der Waals surface area contributed by atoms with Crippen molar-refractivity contribution in [3.05, 3.63) is 30.3 Å². The maximum absolute atomic E-state index is 11.7. The largest absolute Gasteiger partial charge is 0.368 e. The molecule has 0 aromatic heterocycles. The van der Waals surface area contributed by atoms with E-state index in [1.807, 2.05) is 23.1 Å². The molecule has 92 valence electrons. The number of amides is 1. The summed E-state index contributed by atoms with van der Waals surface area (Å²) in [5.41, 5.74) is 6.83. The van der Waals surface area contributed by atoms with Crippen molar-refractivity contribution in [1.82, 2.24) is 4.90 Å². The summed E-state index contributed by atoms with van der Waals surface area (Å²) in [5.74, 6) is 0.0534. The van der Waals surface area contributed by atoms with Gasteiger partial charge in [0, 0.05) is 31.9 Å². The van der Waals surface area contributed by atoms with Gasteiger partial charge in [-0.2, -0.15) is 0 Å². The third kappa shape index (κ3) is 2.77. The van der Waals surface area contributed by atoms with E-state index < -0.39 is 6.04 Å². The van der Waals surface area contributed by atoms with Gasteiger partial charge in [-0.3, -0.25) is 4.79 Å². The highest BCUT2D eigenvalue weighted by Crippen LogP contribution is 2.15.